The van der Waals surface area contributed by atoms with E-state index in [-0.39, 0.29) is 37.8 Å². The molecule has 0 amide bonds. The Morgan fingerprint density at radius 1 is 1.43 bits per heavy atom. The molecule has 0 spiro atoms. The van der Waals surface area contributed by atoms with E-state index in [9.17, 15) is 24.6 Å². The van der Waals surface area contributed by atoms with Crippen molar-refractivity contribution in [3.63, 3.8) is 0 Å². The Morgan fingerprint density at radius 3 is 2.70 bits per heavy atom. The van der Waals surface area contributed by atoms with Gasteiger partial charge in [0.2, 0.25) is 0 Å². The Hall–Kier alpha value is -1.69. The SMILES string of the molecule is CCOC(=O)[C@@]1(CC(=O)O)C2CC=C[C@@H](CO)[C@@H]2C(=O)C[C@H]1C. The number of allylic oxidation sites excluding steroid dienone is 1. The summed E-state index contributed by atoms with van der Waals surface area (Å²) in [7, 11) is 0. The van der Waals surface area contributed by atoms with E-state index in [0.717, 1.165) is 0 Å². The number of ketones is 1. The van der Waals surface area contributed by atoms with Crippen LogP contribution in [0.5, 0.6) is 0 Å². The lowest BCUT2D eigenvalue weighted by Gasteiger charge is -2.51. The number of fused-ring (bicyclic) bond motifs is 1. The number of carbonyl (C=O) groups is 3. The number of carboxylic acid groups (broad SMARTS) is 1. The first-order valence-electron chi connectivity index (χ1n) is 8.07. The van der Waals surface area contributed by atoms with Gasteiger partial charge >= 0.3 is 11.9 Å². The number of carbonyl (C=O) groups excluding carboxylic acids is 2. The summed E-state index contributed by atoms with van der Waals surface area (Å²) in [6, 6.07) is 0. The molecule has 128 valence electrons. The number of rotatable bonds is 5. The van der Waals surface area contributed by atoms with E-state index < -0.39 is 35.1 Å². The van der Waals surface area contributed by atoms with Crippen molar-refractivity contribution in [3.8, 4) is 0 Å². The summed E-state index contributed by atoms with van der Waals surface area (Å²) in [4.78, 5) is 36.7. The molecule has 1 unspecified atom stereocenters. The van der Waals surface area contributed by atoms with Crippen LogP contribution in [0.3, 0.4) is 0 Å². The van der Waals surface area contributed by atoms with Crippen LogP contribution in [-0.4, -0.2) is 41.1 Å². The lowest BCUT2D eigenvalue weighted by molar-refractivity contribution is -0.179. The first-order chi connectivity index (χ1) is 10.9. The van der Waals surface area contributed by atoms with Gasteiger partial charge in [0.05, 0.1) is 25.0 Å². The molecular formula is C17H24O6. The summed E-state index contributed by atoms with van der Waals surface area (Å²) in [5.74, 6) is -3.36. The number of esters is 1. The van der Waals surface area contributed by atoms with Gasteiger partial charge in [-0.15, -0.1) is 0 Å². The van der Waals surface area contributed by atoms with Crippen LogP contribution in [0, 0.1) is 29.1 Å². The molecule has 0 aromatic heterocycles. The average molecular weight is 324 g/mol. The van der Waals surface area contributed by atoms with E-state index in [1.54, 1.807) is 19.9 Å². The Kier molecular flexibility index (Phi) is 5.24. The average Bonchev–Trinajstić information content (AvgIpc) is 2.50. The summed E-state index contributed by atoms with van der Waals surface area (Å²) >= 11 is 0. The maximum absolute atomic E-state index is 12.7. The molecule has 0 aliphatic heterocycles. The van der Waals surface area contributed by atoms with Crippen molar-refractivity contribution >= 4 is 17.7 Å². The maximum Gasteiger partial charge on any atom is 0.313 e. The number of hydrogen-bond acceptors (Lipinski definition) is 5. The largest absolute Gasteiger partial charge is 0.481 e. The Morgan fingerprint density at radius 2 is 2.13 bits per heavy atom. The highest BCUT2D eigenvalue weighted by Crippen LogP contribution is 2.55. The molecule has 1 fully saturated rings. The first-order valence-corrected chi connectivity index (χ1v) is 8.07. The van der Waals surface area contributed by atoms with Crippen molar-refractivity contribution in [2.45, 2.75) is 33.1 Å². The quantitative estimate of drug-likeness (QED) is 0.586. The molecule has 1 saturated carbocycles. The standard InChI is InChI=1S/C17H24O6/c1-3-23-16(22)17(8-14(20)21)10(2)7-13(19)15-11(9-18)5-4-6-12(15)17/h4-5,10-12,15,18H,3,6-9H2,1-2H3,(H,20,21)/t10-,11+,12?,15+,17-/m1/s1. The molecule has 0 radical (unpaired) electrons. The van der Waals surface area contributed by atoms with E-state index >= 15 is 0 Å². The monoisotopic (exact) mass is 324 g/mol. The molecule has 2 N–H and O–H groups in total. The molecule has 23 heavy (non-hydrogen) atoms. The zero-order chi connectivity index (χ0) is 17.2. The number of hydrogen-bond donors (Lipinski definition) is 2. The topological polar surface area (TPSA) is 101 Å². The molecule has 2 aliphatic carbocycles. The fraction of sp³-hybridized carbons (Fsp3) is 0.706. The molecule has 0 heterocycles. The van der Waals surface area contributed by atoms with Crippen LogP contribution >= 0.6 is 0 Å². The van der Waals surface area contributed by atoms with Gasteiger partial charge in [-0.25, -0.2) is 0 Å². The second-order valence-corrected chi connectivity index (χ2v) is 6.55. The zero-order valence-electron chi connectivity index (χ0n) is 13.5. The van der Waals surface area contributed by atoms with Crippen molar-refractivity contribution in [1.29, 1.82) is 0 Å². The minimum Gasteiger partial charge on any atom is -0.481 e. The third-order valence-corrected chi connectivity index (χ3v) is 5.40. The molecule has 0 aromatic rings. The summed E-state index contributed by atoms with van der Waals surface area (Å²) < 4.78 is 5.21. The second kappa shape index (κ2) is 6.83. The molecule has 5 atom stereocenters. The van der Waals surface area contributed by atoms with Gasteiger partial charge in [0.15, 0.2) is 0 Å². The summed E-state index contributed by atoms with van der Waals surface area (Å²) in [6.45, 7) is 3.40. The van der Waals surface area contributed by atoms with Gasteiger partial charge in [0.25, 0.3) is 0 Å². The van der Waals surface area contributed by atoms with Crippen molar-refractivity contribution in [2.24, 2.45) is 29.1 Å². The molecule has 2 rings (SSSR count). The minimum atomic E-state index is -1.22. The highest BCUT2D eigenvalue weighted by Gasteiger charge is 2.60. The minimum absolute atomic E-state index is 0.00351. The van der Waals surface area contributed by atoms with Gasteiger partial charge in [-0.05, 0) is 25.2 Å². The summed E-state index contributed by atoms with van der Waals surface area (Å²) in [5.41, 5.74) is -1.22. The molecule has 2 aliphatic rings. The smallest absolute Gasteiger partial charge is 0.313 e. The van der Waals surface area contributed by atoms with E-state index in [1.165, 1.54) is 0 Å². The van der Waals surface area contributed by atoms with Crippen molar-refractivity contribution in [3.05, 3.63) is 12.2 Å². The number of carboxylic acids is 1. The van der Waals surface area contributed by atoms with Crippen LogP contribution < -0.4 is 0 Å². The third-order valence-electron chi connectivity index (χ3n) is 5.40. The molecule has 0 bridgehead atoms. The fourth-order valence-electron chi connectivity index (χ4n) is 4.36. The van der Waals surface area contributed by atoms with Gasteiger partial charge in [0.1, 0.15) is 5.78 Å². The second-order valence-electron chi connectivity index (χ2n) is 6.55. The number of aliphatic hydroxyl groups is 1. The Bertz CT molecular complexity index is 525. The highest BCUT2D eigenvalue weighted by molar-refractivity contribution is 5.90. The van der Waals surface area contributed by atoms with E-state index in [1.807, 2.05) is 6.08 Å². The van der Waals surface area contributed by atoms with Crippen LogP contribution in [0.25, 0.3) is 0 Å². The molecule has 0 saturated heterocycles. The van der Waals surface area contributed by atoms with Crippen LogP contribution in [0.1, 0.15) is 33.1 Å². The van der Waals surface area contributed by atoms with Gasteiger partial charge < -0.3 is 14.9 Å². The van der Waals surface area contributed by atoms with E-state index in [4.69, 9.17) is 4.74 Å². The predicted molar refractivity (Wildman–Crippen MR) is 81.4 cm³/mol. The first kappa shape index (κ1) is 17.7. The van der Waals surface area contributed by atoms with Crippen molar-refractivity contribution in [2.75, 3.05) is 13.2 Å². The maximum atomic E-state index is 12.7. The lowest BCUT2D eigenvalue weighted by atomic mass is 9.51. The molecule has 6 heteroatoms. The number of aliphatic carboxylic acids is 1. The van der Waals surface area contributed by atoms with Gasteiger partial charge in [0, 0.05) is 18.3 Å². The molecule has 6 nitrogen and oxygen atoms in total. The van der Waals surface area contributed by atoms with Crippen LogP contribution in [0.4, 0.5) is 0 Å². The van der Waals surface area contributed by atoms with E-state index in [0.29, 0.717) is 6.42 Å². The summed E-state index contributed by atoms with van der Waals surface area (Å²) in [6.07, 6.45) is 3.86. The third kappa shape index (κ3) is 2.92. The van der Waals surface area contributed by atoms with E-state index in [2.05, 4.69) is 0 Å². The fourth-order valence-corrected chi connectivity index (χ4v) is 4.36. The predicted octanol–water partition coefficient (Wildman–Crippen LogP) is 1.42. The van der Waals surface area contributed by atoms with Crippen LogP contribution in [0.2, 0.25) is 0 Å². The molecular weight excluding hydrogens is 300 g/mol. The lowest BCUT2D eigenvalue weighted by Crippen LogP contribution is -2.57. The van der Waals surface area contributed by atoms with Gasteiger partial charge in [-0.3, -0.25) is 14.4 Å². The van der Waals surface area contributed by atoms with Gasteiger partial charge in [-0.2, -0.15) is 0 Å². The number of Topliss-reactive ketones (excluding diaryl/α,β-unsaturated/α-hetero) is 1. The normalized spacial score (nSPS) is 36.4. The highest BCUT2D eigenvalue weighted by atomic mass is 16.5. The number of ether oxygens (including phenoxy) is 1. The van der Waals surface area contributed by atoms with Crippen LogP contribution in [0.15, 0.2) is 12.2 Å². The Labute approximate surface area is 135 Å². The van der Waals surface area contributed by atoms with Crippen molar-refractivity contribution in [1.82, 2.24) is 0 Å². The Balaban J connectivity index is 2.53. The zero-order valence-corrected chi connectivity index (χ0v) is 13.5. The summed E-state index contributed by atoms with van der Waals surface area (Å²) in [5, 5.41) is 19.0. The van der Waals surface area contributed by atoms with Crippen molar-refractivity contribution < 1.29 is 29.3 Å². The van der Waals surface area contributed by atoms with Gasteiger partial charge in [-0.1, -0.05) is 19.1 Å². The number of aliphatic hydroxyl groups excluding tert-OH is 1. The molecule has 0 aromatic carbocycles. The van der Waals surface area contributed by atoms with Crippen LogP contribution in [-0.2, 0) is 19.1 Å².